The van der Waals surface area contributed by atoms with Crippen molar-refractivity contribution in [3.8, 4) is 0 Å². The van der Waals surface area contributed by atoms with Gasteiger partial charge in [0, 0.05) is 20.2 Å². The quantitative estimate of drug-likeness (QED) is 0.521. The summed E-state index contributed by atoms with van der Waals surface area (Å²) in [5, 5.41) is 0. The van der Waals surface area contributed by atoms with Gasteiger partial charge < -0.3 is 9.64 Å². The van der Waals surface area contributed by atoms with Crippen molar-refractivity contribution in [3.63, 3.8) is 0 Å². The standard InChI is InChI=1S/C14H29NO2/c1-4-6-8-11-15(12-9-7-5-2)14(16)10-13-17-3/h4-13H2,1-3H3. The summed E-state index contributed by atoms with van der Waals surface area (Å²) in [6.45, 7) is 6.75. The number of hydrogen-bond donors (Lipinski definition) is 0. The number of rotatable bonds is 11. The Kier molecular flexibility index (Phi) is 11.5. The number of ether oxygens (including phenoxy) is 1. The number of unbranched alkanes of at least 4 members (excludes halogenated alkanes) is 4. The second kappa shape index (κ2) is 11.9. The molecule has 3 heteroatoms. The normalized spacial score (nSPS) is 10.5. The van der Waals surface area contributed by atoms with Gasteiger partial charge in [-0.25, -0.2) is 0 Å². The first kappa shape index (κ1) is 16.4. The molecule has 0 N–H and O–H groups in total. The predicted molar refractivity (Wildman–Crippen MR) is 72.1 cm³/mol. The van der Waals surface area contributed by atoms with Gasteiger partial charge in [-0.1, -0.05) is 39.5 Å². The smallest absolute Gasteiger partial charge is 0.224 e. The van der Waals surface area contributed by atoms with E-state index in [4.69, 9.17) is 4.74 Å². The number of amides is 1. The van der Waals surface area contributed by atoms with Crippen molar-refractivity contribution in [2.24, 2.45) is 0 Å². The zero-order valence-corrected chi connectivity index (χ0v) is 11.8. The van der Waals surface area contributed by atoms with Crippen LogP contribution in [0.25, 0.3) is 0 Å². The fourth-order valence-corrected chi connectivity index (χ4v) is 1.81. The van der Waals surface area contributed by atoms with E-state index in [1.807, 2.05) is 4.90 Å². The second-order valence-corrected chi connectivity index (χ2v) is 4.54. The summed E-state index contributed by atoms with van der Waals surface area (Å²) >= 11 is 0. The molecule has 0 radical (unpaired) electrons. The molecule has 0 aromatic rings. The highest BCUT2D eigenvalue weighted by molar-refractivity contribution is 5.76. The van der Waals surface area contributed by atoms with Gasteiger partial charge in [-0.2, -0.15) is 0 Å². The van der Waals surface area contributed by atoms with Crippen LogP contribution in [0.1, 0.15) is 58.8 Å². The first-order valence-corrected chi connectivity index (χ1v) is 7.02. The maximum absolute atomic E-state index is 11.9. The number of carbonyl (C=O) groups is 1. The van der Waals surface area contributed by atoms with Crippen molar-refractivity contribution in [1.29, 1.82) is 0 Å². The topological polar surface area (TPSA) is 29.5 Å². The molecule has 102 valence electrons. The van der Waals surface area contributed by atoms with Gasteiger partial charge in [0.15, 0.2) is 0 Å². The average Bonchev–Trinajstić information content (AvgIpc) is 2.34. The molecule has 0 unspecified atom stereocenters. The highest BCUT2D eigenvalue weighted by atomic mass is 16.5. The molecule has 0 fully saturated rings. The van der Waals surface area contributed by atoms with Crippen LogP contribution in [0.3, 0.4) is 0 Å². The SMILES string of the molecule is CCCCCN(CCCCC)C(=O)CCOC. The van der Waals surface area contributed by atoms with Crippen molar-refractivity contribution < 1.29 is 9.53 Å². The lowest BCUT2D eigenvalue weighted by Crippen LogP contribution is -2.33. The van der Waals surface area contributed by atoms with Gasteiger partial charge in [-0.3, -0.25) is 4.79 Å². The molecule has 0 heterocycles. The average molecular weight is 243 g/mol. The van der Waals surface area contributed by atoms with Gasteiger partial charge in [-0.15, -0.1) is 0 Å². The largest absolute Gasteiger partial charge is 0.384 e. The minimum Gasteiger partial charge on any atom is -0.384 e. The first-order chi connectivity index (χ1) is 8.26. The van der Waals surface area contributed by atoms with Crippen molar-refractivity contribution in [1.82, 2.24) is 4.90 Å². The van der Waals surface area contributed by atoms with E-state index >= 15 is 0 Å². The van der Waals surface area contributed by atoms with Crippen LogP contribution in [0.4, 0.5) is 0 Å². The number of hydrogen-bond acceptors (Lipinski definition) is 2. The predicted octanol–water partition coefficient (Wildman–Crippen LogP) is 3.23. The molecule has 0 aliphatic rings. The molecule has 0 saturated heterocycles. The Labute approximate surface area is 107 Å². The molecule has 3 nitrogen and oxygen atoms in total. The molecule has 0 aromatic heterocycles. The molecule has 0 bridgehead atoms. The number of methoxy groups -OCH3 is 1. The molecule has 0 spiro atoms. The fourth-order valence-electron chi connectivity index (χ4n) is 1.81. The summed E-state index contributed by atoms with van der Waals surface area (Å²) in [6, 6.07) is 0. The summed E-state index contributed by atoms with van der Waals surface area (Å²) in [7, 11) is 1.64. The molecule has 0 aliphatic heterocycles. The number of carbonyl (C=O) groups excluding carboxylic acids is 1. The molecule has 0 saturated carbocycles. The van der Waals surface area contributed by atoms with Crippen molar-refractivity contribution in [2.45, 2.75) is 58.8 Å². The van der Waals surface area contributed by atoms with E-state index in [2.05, 4.69) is 13.8 Å². The van der Waals surface area contributed by atoms with E-state index in [0.717, 1.165) is 25.9 Å². The van der Waals surface area contributed by atoms with Crippen LogP contribution in [-0.2, 0) is 9.53 Å². The van der Waals surface area contributed by atoms with Crippen molar-refractivity contribution in [3.05, 3.63) is 0 Å². The van der Waals surface area contributed by atoms with Gasteiger partial charge in [0.25, 0.3) is 0 Å². The first-order valence-electron chi connectivity index (χ1n) is 7.02. The van der Waals surface area contributed by atoms with Crippen molar-refractivity contribution >= 4 is 5.91 Å². The molecular formula is C14H29NO2. The maximum Gasteiger partial charge on any atom is 0.224 e. The minimum absolute atomic E-state index is 0.249. The highest BCUT2D eigenvalue weighted by Gasteiger charge is 2.11. The zero-order valence-electron chi connectivity index (χ0n) is 11.8. The van der Waals surface area contributed by atoms with Crippen LogP contribution in [0.5, 0.6) is 0 Å². The van der Waals surface area contributed by atoms with Crippen LogP contribution >= 0.6 is 0 Å². The Bertz CT molecular complexity index is 173. The highest BCUT2D eigenvalue weighted by Crippen LogP contribution is 2.05. The Morgan fingerprint density at radius 3 is 1.94 bits per heavy atom. The summed E-state index contributed by atoms with van der Waals surface area (Å²) in [6.07, 6.45) is 7.60. The van der Waals surface area contributed by atoms with Gasteiger partial charge in [0.1, 0.15) is 0 Å². The van der Waals surface area contributed by atoms with Crippen LogP contribution in [0.2, 0.25) is 0 Å². The van der Waals surface area contributed by atoms with E-state index in [0.29, 0.717) is 13.0 Å². The summed E-state index contributed by atoms with van der Waals surface area (Å²) in [5.41, 5.74) is 0. The Morgan fingerprint density at radius 1 is 1.00 bits per heavy atom. The lowest BCUT2D eigenvalue weighted by Gasteiger charge is -2.22. The van der Waals surface area contributed by atoms with Crippen LogP contribution in [-0.4, -0.2) is 37.6 Å². The second-order valence-electron chi connectivity index (χ2n) is 4.54. The lowest BCUT2D eigenvalue weighted by atomic mass is 10.2. The van der Waals surface area contributed by atoms with Crippen LogP contribution in [0.15, 0.2) is 0 Å². The number of nitrogens with zero attached hydrogens (tertiary/aromatic N) is 1. The maximum atomic E-state index is 11.9. The molecule has 0 rings (SSSR count). The van der Waals surface area contributed by atoms with E-state index in [1.165, 1.54) is 25.7 Å². The van der Waals surface area contributed by atoms with Crippen molar-refractivity contribution in [2.75, 3.05) is 26.8 Å². The third-order valence-electron chi connectivity index (χ3n) is 2.94. The van der Waals surface area contributed by atoms with E-state index in [-0.39, 0.29) is 5.91 Å². The van der Waals surface area contributed by atoms with E-state index in [1.54, 1.807) is 7.11 Å². The molecule has 0 aromatic carbocycles. The molecule has 0 atom stereocenters. The summed E-state index contributed by atoms with van der Waals surface area (Å²) in [5.74, 6) is 0.249. The third-order valence-corrected chi connectivity index (χ3v) is 2.94. The molecular weight excluding hydrogens is 214 g/mol. The minimum atomic E-state index is 0.249. The van der Waals surface area contributed by atoms with Gasteiger partial charge in [0.05, 0.1) is 13.0 Å². The third kappa shape index (κ3) is 9.16. The van der Waals surface area contributed by atoms with Gasteiger partial charge >= 0.3 is 0 Å². The lowest BCUT2D eigenvalue weighted by molar-refractivity contribution is -0.132. The van der Waals surface area contributed by atoms with E-state index in [9.17, 15) is 4.79 Å². The van der Waals surface area contributed by atoms with Gasteiger partial charge in [-0.05, 0) is 12.8 Å². The Balaban J connectivity index is 3.94. The summed E-state index contributed by atoms with van der Waals surface area (Å²) in [4.78, 5) is 14.0. The molecule has 0 aliphatic carbocycles. The van der Waals surface area contributed by atoms with Crippen LogP contribution in [0, 0.1) is 0 Å². The Morgan fingerprint density at radius 2 is 1.53 bits per heavy atom. The fraction of sp³-hybridized carbons (Fsp3) is 0.929. The Hall–Kier alpha value is -0.570. The molecule has 1 amide bonds. The van der Waals surface area contributed by atoms with E-state index < -0.39 is 0 Å². The summed E-state index contributed by atoms with van der Waals surface area (Å²) < 4.78 is 4.97. The monoisotopic (exact) mass is 243 g/mol. The van der Waals surface area contributed by atoms with Gasteiger partial charge in [0.2, 0.25) is 5.91 Å². The molecule has 17 heavy (non-hydrogen) atoms. The zero-order chi connectivity index (χ0) is 12.9. The van der Waals surface area contributed by atoms with Crippen LogP contribution < -0.4 is 0 Å².